The molecule has 1 aliphatic rings. The number of hydrogen-bond donors (Lipinski definition) is 1. The average Bonchev–Trinajstić information content (AvgIpc) is 3.19. The van der Waals surface area contributed by atoms with Crippen molar-refractivity contribution in [2.24, 2.45) is 5.92 Å². The topological polar surface area (TPSA) is 24.9 Å². The highest BCUT2D eigenvalue weighted by atomic mass is 79.9. The maximum Gasteiger partial charge on any atom is 0.0896 e. The molecule has 0 saturated heterocycles. The summed E-state index contributed by atoms with van der Waals surface area (Å²) in [6.07, 6.45) is 6.99. The highest BCUT2D eigenvalue weighted by molar-refractivity contribution is 9.10. The Hall–Kier alpha value is -0.710. The fourth-order valence-corrected chi connectivity index (χ4v) is 3.97. The zero-order valence-electron chi connectivity index (χ0n) is 12.3. The highest BCUT2D eigenvalue weighted by Crippen LogP contribution is 2.23. The predicted molar refractivity (Wildman–Crippen MR) is 92.9 cm³/mol. The highest BCUT2D eigenvalue weighted by Gasteiger charge is 2.22. The van der Waals surface area contributed by atoms with E-state index < -0.39 is 0 Å². The Balaban J connectivity index is 1.65. The summed E-state index contributed by atoms with van der Waals surface area (Å²) in [6.45, 7) is 3.19. The minimum atomic E-state index is 0.639. The molecule has 1 aliphatic carbocycles. The summed E-state index contributed by atoms with van der Waals surface area (Å²) in [5.74, 6) is 0.639. The van der Waals surface area contributed by atoms with Crippen molar-refractivity contribution in [3.63, 3.8) is 0 Å². The van der Waals surface area contributed by atoms with Crippen LogP contribution in [0.1, 0.15) is 28.3 Å². The number of aryl methyl sites for hydroxylation is 1. The second-order valence-corrected chi connectivity index (χ2v) is 8.17. The molecule has 0 amide bonds. The molecule has 1 N–H and O–H groups in total. The van der Waals surface area contributed by atoms with Crippen molar-refractivity contribution in [3.8, 4) is 0 Å². The number of nitrogens with zero attached hydrogens (tertiary/aromatic N) is 1. The van der Waals surface area contributed by atoms with Crippen molar-refractivity contribution in [1.82, 2.24) is 10.3 Å². The largest absolute Gasteiger partial charge is 0.314 e. The standard InChI is InChI=1S/C17H21BrN2S/c1-12-19-11-17(21-12)9-14(10-20-16-5-6-16)7-13-3-2-4-15(18)8-13/h2-4,8,11,14,16,20H,5-7,9-10H2,1H3. The molecule has 1 heterocycles. The van der Waals surface area contributed by atoms with E-state index in [1.54, 1.807) is 0 Å². The summed E-state index contributed by atoms with van der Waals surface area (Å²) in [4.78, 5) is 5.80. The van der Waals surface area contributed by atoms with E-state index in [1.165, 1.54) is 32.8 Å². The van der Waals surface area contributed by atoms with E-state index in [1.807, 2.05) is 17.5 Å². The second kappa shape index (κ2) is 7.03. The Morgan fingerprint density at radius 3 is 2.90 bits per heavy atom. The molecule has 112 valence electrons. The van der Waals surface area contributed by atoms with Crippen LogP contribution in [0.15, 0.2) is 34.9 Å². The average molecular weight is 365 g/mol. The summed E-state index contributed by atoms with van der Waals surface area (Å²) < 4.78 is 1.17. The third-order valence-electron chi connectivity index (χ3n) is 3.84. The third-order valence-corrected chi connectivity index (χ3v) is 5.27. The normalized spacial score (nSPS) is 16.1. The van der Waals surface area contributed by atoms with Gasteiger partial charge in [0.2, 0.25) is 0 Å². The van der Waals surface area contributed by atoms with Gasteiger partial charge in [-0.05, 0) is 62.8 Å². The van der Waals surface area contributed by atoms with Gasteiger partial charge >= 0.3 is 0 Å². The van der Waals surface area contributed by atoms with Crippen LogP contribution in [0.5, 0.6) is 0 Å². The van der Waals surface area contributed by atoms with Crippen LogP contribution in [-0.2, 0) is 12.8 Å². The minimum Gasteiger partial charge on any atom is -0.314 e. The molecule has 3 rings (SSSR count). The van der Waals surface area contributed by atoms with Gasteiger partial charge in [-0.2, -0.15) is 0 Å². The predicted octanol–water partition coefficient (Wildman–Crippen LogP) is 4.37. The van der Waals surface area contributed by atoms with E-state index in [-0.39, 0.29) is 0 Å². The van der Waals surface area contributed by atoms with Crippen molar-refractivity contribution >= 4 is 27.3 Å². The van der Waals surface area contributed by atoms with Crippen molar-refractivity contribution in [3.05, 3.63) is 50.4 Å². The van der Waals surface area contributed by atoms with E-state index in [2.05, 4.69) is 57.4 Å². The number of nitrogens with one attached hydrogen (secondary N) is 1. The Bertz CT molecular complexity index is 592. The number of rotatable bonds is 7. The maximum atomic E-state index is 4.39. The lowest BCUT2D eigenvalue weighted by atomic mass is 9.95. The maximum absolute atomic E-state index is 4.39. The quantitative estimate of drug-likeness (QED) is 0.788. The molecule has 2 aromatic rings. The molecule has 21 heavy (non-hydrogen) atoms. The van der Waals surface area contributed by atoms with Crippen molar-refractivity contribution in [2.45, 2.75) is 38.6 Å². The zero-order valence-corrected chi connectivity index (χ0v) is 14.7. The zero-order chi connectivity index (χ0) is 14.7. The second-order valence-electron chi connectivity index (χ2n) is 5.93. The van der Waals surface area contributed by atoms with Gasteiger partial charge in [-0.25, -0.2) is 4.98 Å². The van der Waals surface area contributed by atoms with E-state index >= 15 is 0 Å². The number of benzene rings is 1. The first kappa shape index (κ1) is 15.2. The van der Waals surface area contributed by atoms with Crippen LogP contribution in [0.3, 0.4) is 0 Å². The smallest absolute Gasteiger partial charge is 0.0896 e. The Labute approximate surface area is 139 Å². The summed E-state index contributed by atoms with van der Waals surface area (Å²) in [6, 6.07) is 9.46. The summed E-state index contributed by atoms with van der Waals surface area (Å²) in [5.41, 5.74) is 1.41. The molecule has 0 aliphatic heterocycles. The summed E-state index contributed by atoms with van der Waals surface area (Å²) in [5, 5.41) is 4.86. The molecule has 0 radical (unpaired) electrons. The first-order chi connectivity index (χ1) is 10.2. The molecule has 1 aromatic heterocycles. The monoisotopic (exact) mass is 364 g/mol. The first-order valence-corrected chi connectivity index (χ1v) is 9.19. The van der Waals surface area contributed by atoms with Crippen LogP contribution in [0.4, 0.5) is 0 Å². The van der Waals surface area contributed by atoms with E-state index in [0.717, 1.165) is 25.4 Å². The van der Waals surface area contributed by atoms with E-state index in [4.69, 9.17) is 0 Å². The molecule has 4 heteroatoms. The molecule has 0 spiro atoms. The summed E-state index contributed by atoms with van der Waals surface area (Å²) in [7, 11) is 0. The van der Waals surface area contributed by atoms with Crippen molar-refractivity contribution in [2.75, 3.05) is 6.54 Å². The third kappa shape index (κ3) is 4.90. The van der Waals surface area contributed by atoms with Crippen LogP contribution in [0, 0.1) is 12.8 Å². The van der Waals surface area contributed by atoms with Crippen LogP contribution in [-0.4, -0.2) is 17.6 Å². The van der Waals surface area contributed by atoms with E-state index in [9.17, 15) is 0 Å². The van der Waals surface area contributed by atoms with Crippen LogP contribution in [0.25, 0.3) is 0 Å². The van der Waals surface area contributed by atoms with Gasteiger partial charge in [0.15, 0.2) is 0 Å². The molecule has 1 fully saturated rings. The fraction of sp³-hybridized carbons (Fsp3) is 0.471. The molecule has 1 aromatic carbocycles. The molecule has 0 bridgehead atoms. The SMILES string of the molecule is Cc1ncc(CC(CNC2CC2)Cc2cccc(Br)c2)s1. The molecular weight excluding hydrogens is 344 g/mol. The molecular formula is C17H21BrN2S. The van der Waals surface area contributed by atoms with Crippen LogP contribution < -0.4 is 5.32 Å². The Morgan fingerprint density at radius 1 is 1.38 bits per heavy atom. The van der Waals surface area contributed by atoms with Crippen LogP contribution in [0.2, 0.25) is 0 Å². The van der Waals surface area contributed by atoms with E-state index in [0.29, 0.717) is 5.92 Å². The number of hydrogen-bond acceptors (Lipinski definition) is 3. The number of thiazole rings is 1. The summed E-state index contributed by atoms with van der Waals surface area (Å²) >= 11 is 5.40. The molecule has 1 unspecified atom stereocenters. The van der Waals surface area contributed by atoms with Crippen molar-refractivity contribution < 1.29 is 0 Å². The van der Waals surface area contributed by atoms with Gasteiger partial charge in [0.1, 0.15) is 0 Å². The Kier molecular flexibility index (Phi) is 5.09. The van der Waals surface area contributed by atoms with Crippen LogP contribution >= 0.6 is 27.3 Å². The van der Waals surface area contributed by atoms with Gasteiger partial charge in [0, 0.05) is 21.6 Å². The minimum absolute atomic E-state index is 0.639. The van der Waals surface area contributed by atoms with Gasteiger partial charge in [0.05, 0.1) is 5.01 Å². The van der Waals surface area contributed by atoms with Gasteiger partial charge in [-0.3, -0.25) is 0 Å². The van der Waals surface area contributed by atoms with Gasteiger partial charge in [-0.15, -0.1) is 11.3 Å². The molecule has 1 atom stereocenters. The lowest BCUT2D eigenvalue weighted by Gasteiger charge is -2.17. The van der Waals surface area contributed by atoms with Gasteiger partial charge < -0.3 is 5.32 Å². The number of halogens is 1. The van der Waals surface area contributed by atoms with Gasteiger partial charge in [0.25, 0.3) is 0 Å². The first-order valence-electron chi connectivity index (χ1n) is 7.58. The fourth-order valence-electron chi connectivity index (χ4n) is 2.62. The van der Waals surface area contributed by atoms with Crippen molar-refractivity contribution in [1.29, 1.82) is 0 Å². The van der Waals surface area contributed by atoms with Gasteiger partial charge in [-0.1, -0.05) is 28.1 Å². The lowest BCUT2D eigenvalue weighted by Crippen LogP contribution is -2.27. The number of aromatic nitrogens is 1. The lowest BCUT2D eigenvalue weighted by molar-refractivity contribution is 0.471. The molecule has 2 nitrogen and oxygen atoms in total. The Morgan fingerprint density at radius 2 is 2.24 bits per heavy atom. The molecule has 1 saturated carbocycles.